The van der Waals surface area contributed by atoms with Gasteiger partial charge in [0.05, 0.1) is 23.3 Å². The molecule has 0 aliphatic carbocycles. The first-order valence-electron chi connectivity index (χ1n) is 10.4. The number of imidazole rings is 1. The Kier molecular flexibility index (Phi) is 5.35. The molecule has 0 aromatic carbocycles. The first kappa shape index (κ1) is 20.0. The lowest BCUT2D eigenvalue weighted by atomic mass is 10.2. The normalized spacial score (nSPS) is 15.0. The van der Waals surface area contributed by atoms with Gasteiger partial charge in [0.25, 0.3) is 5.91 Å². The molecule has 0 atom stereocenters. The number of likely N-dealkylation sites (tertiary alicyclic amines) is 1. The van der Waals surface area contributed by atoms with Crippen molar-refractivity contribution in [3.05, 3.63) is 48.3 Å². The molecule has 9 heteroatoms. The van der Waals surface area contributed by atoms with Gasteiger partial charge in [-0.05, 0) is 37.3 Å². The van der Waals surface area contributed by atoms with Crippen molar-refractivity contribution in [1.82, 2.24) is 29.0 Å². The number of thioether (sulfide) groups is 1. The first-order valence-corrected chi connectivity index (χ1v) is 11.8. The van der Waals surface area contributed by atoms with E-state index in [2.05, 4.69) is 9.97 Å². The molecular weight excluding hydrogens is 415 g/mol. The van der Waals surface area contributed by atoms with Gasteiger partial charge in [0.2, 0.25) is 0 Å². The molecule has 31 heavy (non-hydrogen) atoms. The molecule has 5 rings (SSSR count). The van der Waals surface area contributed by atoms with Gasteiger partial charge in [0, 0.05) is 30.9 Å². The van der Waals surface area contributed by atoms with E-state index in [1.165, 1.54) is 25.1 Å². The number of amides is 1. The Morgan fingerprint density at radius 3 is 2.71 bits per heavy atom. The Hall–Kier alpha value is -2.94. The summed E-state index contributed by atoms with van der Waals surface area (Å²) in [5, 5.41) is 5.59. The third kappa shape index (κ3) is 3.67. The maximum absolute atomic E-state index is 13.9. The van der Waals surface area contributed by atoms with Crippen LogP contribution >= 0.6 is 11.8 Å². The van der Waals surface area contributed by atoms with E-state index in [0.29, 0.717) is 28.6 Å². The number of fused-ring (bicyclic) bond motifs is 2. The van der Waals surface area contributed by atoms with Gasteiger partial charge < -0.3 is 4.90 Å². The van der Waals surface area contributed by atoms with E-state index in [0.717, 1.165) is 36.8 Å². The SMILES string of the molecule is CSCn1nc(-c2cnc3ccc(F)cn23)c2cnc(C(=O)N3CCCCCC3)cc21. The lowest BCUT2D eigenvalue weighted by Crippen LogP contribution is -2.32. The highest BCUT2D eigenvalue weighted by molar-refractivity contribution is 7.97. The number of hydrogen-bond acceptors (Lipinski definition) is 5. The van der Waals surface area contributed by atoms with E-state index in [1.54, 1.807) is 34.6 Å². The second-order valence-corrected chi connectivity index (χ2v) is 8.61. The van der Waals surface area contributed by atoms with Crippen LogP contribution in [-0.2, 0) is 5.88 Å². The topological polar surface area (TPSA) is 68.3 Å². The summed E-state index contributed by atoms with van der Waals surface area (Å²) in [4.78, 5) is 23.9. The first-order chi connectivity index (χ1) is 15.2. The number of hydrogen-bond donors (Lipinski definition) is 0. The van der Waals surface area contributed by atoms with Crippen LogP contribution in [0.4, 0.5) is 4.39 Å². The van der Waals surface area contributed by atoms with Crippen molar-refractivity contribution in [2.45, 2.75) is 31.6 Å². The Balaban J connectivity index is 1.61. The lowest BCUT2D eigenvalue weighted by Gasteiger charge is -2.19. The largest absolute Gasteiger partial charge is 0.337 e. The third-order valence-corrected chi connectivity index (χ3v) is 6.21. The molecule has 0 spiro atoms. The van der Waals surface area contributed by atoms with Gasteiger partial charge in [0.15, 0.2) is 0 Å². The van der Waals surface area contributed by atoms with Gasteiger partial charge in [-0.15, -0.1) is 11.8 Å². The molecule has 1 amide bonds. The van der Waals surface area contributed by atoms with Crippen LogP contribution in [-0.4, -0.2) is 54.3 Å². The summed E-state index contributed by atoms with van der Waals surface area (Å²) in [6, 6.07) is 4.86. The Bertz CT molecular complexity index is 1260. The quantitative estimate of drug-likeness (QED) is 0.477. The van der Waals surface area contributed by atoms with E-state index in [-0.39, 0.29) is 11.7 Å². The van der Waals surface area contributed by atoms with Crippen LogP contribution in [0.2, 0.25) is 0 Å². The van der Waals surface area contributed by atoms with Crippen LogP contribution in [0.25, 0.3) is 27.9 Å². The highest BCUT2D eigenvalue weighted by atomic mass is 32.2. The van der Waals surface area contributed by atoms with Crippen LogP contribution in [0.15, 0.2) is 36.8 Å². The number of carbonyl (C=O) groups is 1. The van der Waals surface area contributed by atoms with Gasteiger partial charge in [-0.1, -0.05) is 12.8 Å². The molecular formula is C22H23FN6OS. The molecule has 160 valence electrons. The summed E-state index contributed by atoms with van der Waals surface area (Å²) >= 11 is 1.63. The van der Waals surface area contributed by atoms with E-state index in [1.807, 2.05) is 21.9 Å². The molecule has 0 bridgehead atoms. The van der Waals surface area contributed by atoms with Crippen molar-refractivity contribution in [2.24, 2.45) is 0 Å². The summed E-state index contributed by atoms with van der Waals surface area (Å²) in [6.45, 7) is 1.56. The minimum atomic E-state index is -0.344. The summed E-state index contributed by atoms with van der Waals surface area (Å²) < 4.78 is 17.4. The predicted molar refractivity (Wildman–Crippen MR) is 120 cm³/mol. The average Bonchev–Trinajstić information content (AvgIpc) is 3.22. The van der Waals surface area contributed by atoms with Crippen molar-refractivity contribution in [3.8, 4) is 11.4 Å². The average molecular weight is 439 g/mol. The molecule has 1 aliphatic heterocycles. The highest BCUT2D eigenvalue weighted by Crippen LogP contribution is 2.30. The Labute approximate surface area is 183 Å². The molecule has 4 aromatic rings. The van der Waals surface area contributed by atoms with Crippen molar-refractivity contribution in [2.75, 3.05) is 19.3 Å². The molecule has 4 aromatic heterocycles. The zero-order valence-electron chi connectivity index (χ0n) is 17.3. The Morgan fingerprint density at radius 1 is 1.13 bits per heavy atom. The minimum absolute atomic E-state index is 0.0286. The molecule has 1 fully saturated rings. The fourth-order valence-corrected chi connectivity index (χ4v) is 4.60. The van der Waals surface area contributed by atoms with Gasteiger partial charge in [0.1, 0.15) is 22.9 Å². The predicted octanol–water partition coefficient (Wildman–Crippen LogP) is 4.22. The molecule has 0 radical (unpaired) electrons. The van der Waals surface area contributed by atoms with Gasteiger partial charge in [-0.2, -0.15) is 5.10 Å². The zero-order valence-corrected chi connectivity index (χ0v) is 18.1. The number of carbonyl (C=O) groups excluding carboxylic acids is 1. The van der Waals surface area contributed by atoms with E-state index in [9.17, 15) is 9.18 Å². The molecule has 0 unspecified atom stereocenters. The molecule has 1 saturated heterocycles. The van der Waals surface area contributed by atoms with Crippen molar-refractivity contribution >= 4 is 34.2 Å². The third-order valence-electron chi connectivity index (χ3n) is 5.71. The van der Waals surface area contributed by atoms with Crippen LogP contribution in [0.5, 0.6) is 0 Å². The fraction of sp³-hybridized carbons (Fsp3) is 0.364. The number of pyridine rings is 2. The molecule has 1 aliphatic rings. The monoisotopic (exact) mass is 438 g/mol. The fourth-order valence-electron chi connectivity index (χ4n) is 4.16. The second-order valence-electron chi connectivity index (χ2n) is 7.78. The zero-order chi connectivity index (χ0) is 21.4. The summed E-state index contributed by atoms with van der Waals surface area (Å²) in [5.41, 5.74) is 3.28. The van der Waals surface area contributed by atoms with E-state index >= 15 is 0 Å². The minimum Gasteiger partial charge on any atom is -0.337 e. The summed E-state index contributed by atoms with van der Waals surface area (Å²) in [6.07, 6.45) is 11.2. The lowest BCUT2D eigenvalue weighted by molar-refractivity contribution is 0.0756. The summed E-state index contributed by atoms with van der Waals surface area (Å²) in [5.74, 6) is 0.255. The maximum Gasteiger partial charge on any atom is 0.272 e. The van der Waals surface area contributed by atoms with Gasteiger partial charge >= 0.3 is 0 Å². The van der Waals surface area contributed by atoms with Crippen molar-refractivity contribution in [3.63, 3.8) is 0 Å². The number of aromatic nitrogens is 5. The molecule has 7 nitrogen and oxygen atoms in total. The second kappa shape index (κ2) is 8.30. The maximum atomic E-state index is 13.9. The van der Waals surface area contributed by atoms with Crippen molar-refractivity contribution in [1.29, 1.82) is 0 Å². The van der Waals surface area contributed by atoms with Gasteiger partial charge in [-0.25, -0.2) is 9.37 Å². The highest BCUT2D eigenvalue weighted by Gasteiger charge is 2.22. The van der Waals surface area contributed by atoms with Crippen LogP contribution in [0.3, 0.4) is 0 Å². The smallest absolute Gasteiger partial charge is 0.272 e. The van der Waals surface area contributed by atoms with Crippen LogP contribution < -0.4 is 0 Å². The number of halogens is 1. The number of nitrogens with zero attached hydrogens (tertiary/aromatic N) is 6. The van der Waals surface area contributed by atoms with Gasteiger partial charge in [-0.3, -0.25) is 18.9 Å². The number of rotatable bonds is 4. The van der Waals surface area contributed by atoms with E-state index < -0.39 is 0 Å². The van der Waals surface area contributed by atoms with Crippen LogP contribution in [0.1, 0.15) is 36.2 Å². The van der Waals surface area contributed by atoms with Crippen molar-refractivity contribution < 1.29 is 9.18 Å². The molecule has 5 heterocycles. The standard InChI is InChI=1S/C22H23FN6OS/c1-31-14-29-18-10-17(22(30)27-8-4-2-3-5-9-27)24-11-16(18)21(26-29)19-12-25-20-7-6-15(23)13-28(19)20/h6-7,10-13H,2-5,8-9,14H2,1H3. The van der Waals surface area contributed by atoms with E-state index in [4.69, 9.17) is 5.10 Å². The van der Waals surface area contributed by atoms with Crippen LogP contribution in [0, 0.1) is 5.82 Å². The molecule has 0 saturated carbocycles. The Morgan fingerprint density at radius 2 is 1.94 bits per heavy atom. The molecule has 0 N–H and O–H groups in total. The summed E-state index contributed by atoms with van der Waals surface area (Å²) in [7, 11) is 0.